The minimum Gasteiger partial charge on any atom is -0.311 e. The molecular weight excluding hydrogens is 248 g/mol. The Kier molecular flexibility index (Phi) is 2.18. The molecule has 0 aliphatic carbocycles. The smallest absolute Gasteiger partial charge is 0.260 e. The van der Waals surface area contributed by atoms with Crippen LogP contribution >= 0.6 is 0 Å². The van der Waals surface area contributed by atoms with Gasteiger partial charge in [0, 0.05) is 29.4 Å². The van der Waals surface area contributed by atoms with Crippen molar-refractivity contribution < 1.29 is 0 Å². The highest BCUT2D eigenvalue weighted by Crippen LogP contribution is 2.28. The van der Waals surface area contributed by atoms with Gasteiger partial charge in [0.25, 0.3) is 5.56 Å². The van der Waals surface area contributed by atoms with Crippen LogP contribution < -0.4 is 5.56 Å². The van der Waals surface area contributed by atoms with E-state index >= 15 is 0 Å². The van der Waals surface area contributed by atoms with Crippen LogP contribution in [0.1, 0.15) is 0 Å². The lowest BCUT2D eigenvalue weighted by Crippen LogP contribution is -2.17. The molecule has 0 saturated heterocycles. The number of benzene rings is 2. The second kappa shape index (κ2) is 3.90. The Bertz CT molecular complexity index is 1030. The van der Waals surface area contributed by atoms with Crippen molar-refractivity contribution in [1.82, 2.24) is 9.55 Å². The summed E-state index contributed by atoms with van der Waals surface area (Å²) in [5.74, 6) is 0. The predicted molar refractivity (Wildman–Crippen MR) is 82.0 cm³/mol. The van der Waals surface area contributed by atoms with E-state index in [0.29, 0.717) is 5.39 Å². The maximum atomic E-state index is 12.5. The molecular formula is C17H12N2O. The minimum absolute atomic E-state index is 0.00282. The molecule has 0 N–H and O–H groups in total. The molecule has 4 rings (SSSR count). The molecule has 0 spiro atoms. The molecule has 0 bridgehead atoms. The van der Waals surface area contributed by atoms with Gasteiger partial charge in [-0.25, -0.2) is 0 Å². The van der Waals surface area contributed by atoms with E-state index in [4.69, 9.17) is 0 Å². The van der Waals surface area contributed by atoms with Crippen molar-refractivity contribution in [2.75, 3.05) is 0 Å². The van der Waals surface area contributed by atoms with E-state index in [1.165, 1.54) is 0 Å². The zero-order valence-electron chi connectivity index (χ0n) is 11.0. The summed E-state index contributed by atoms with van der Waals surface area (Å²) in [6, 6.07) is 15.9. The van der Waals surface area contributed by atoms with Crippen molar-refractivity contribution in [2.24, 2.45) is 7.05 Å². The topological polar surface area (TPSA) is 34.9 Å². The highest BCUT2D eigenvalue weighted by Gasteiger charge is 2.11. The van der Waals surface area contributed by atoms with Crippen LogP contribution in [-0.2, 0) is 7.05 Å². The molecule has 20 heavy (non-hydrogen) atoms. The molecule has 96 valence electrons. The van der Waals surface area contributed by atoms with Crippen molar-refractivity contribution in [1.29, 1.82) is 0 Å². The Hall–Kier alpha value is -2.68. The lowest BCUT2D eigenvalue weighted by Gasteiger charge is -2.10. The van der Waals surface area contributed by atoms with Gasteiger partial charge in [-0.1, -0.05) is 36.4 Å². The second-order valence-corrected chi connectivity index (χ2v) is 4.95. The zero-order chi connectivity index (χ0) is 13.7. The summed E-state index contributed by atoms with van der Waals surface area (Å²) in [6.07, 6.45) is 1.69. The summed E-state index contributed by atoms with van der Waals surface area (Å²) < 4.78 is 1.69. The SMILES string of the molecule is Cn1c(=O)c2cnc3ccccc3c2c2ccccc21. The number of hydrogen-bond donors (Lipinski definition) is 0. The van der Waals surface area contributed by atoms with Gasteiger partial charge in [-0.3, -0.25) is 9.78 Å². The molecule has 0 radical (unpaired) electrons. The third-order valence-corrected chi connectivity index (χ3v) is 3.85. The van der Waals surface area contributed by atoms with Crippen molar-refractivity contribution in [2.45, 2.75) is 0 Å². The number of para-hydroxylation sites is 2. The first-order chi connectivity index (χ1) is 9.77. The Balaban J connectivity index is 2.46. The lowest BCUT2D eigenvalue weighted by atomic mass is 10.0. The number of rotatable bonds is 0. The maximum Gasteiger partial charge on any atom is 0.260 e. The van der Waals surface area contributed by atoms with E-state index < -0.39 is 0 Å². The van der Waals surface area contributed by atoms with Crippen molar-refractivity contribution in [3.05, 3.63) is 65.1 Å². The van der Waals surface area contributed by atoms with Gasteiger partial charge in [-0.05, 0) is 12.1 Å². The normalized spacial score (nSPS) is 11.4. The Morgan fingerprint density at radius 3 is 2.45 bits per heavy atom. The fourth-order valence-corrected chi connectivity index (χ4v) is 2.86. The van der Waals surface area contributed by atoms with E-state index in [0.717, 1.165) is 27.2 Å². The molecule has 2 aromatic carbocycles. The monoisotopic (exact) mass is 260 g/mol. The molecule has 0 unspecified atom stereocenters. The first-order valence-electron chi connectivity index (χ1n) is 6.52. The van der Waals surface area contributed by atoms with E-state index in [1.54, 1.807) is 17.8 Å². The van der Waals surface area contributed by atoms with E-state index in [1.807, 2.05) is 42.5 Å². The fourth-order valence-electron chi connectivity index (χ4n) is 2.86. The lowest BCUT2D eigenvalue weighted by molar-refractivity contribution is 0.918. The minimum atomic E-state index is -0.00282. The van der Waals surface area contributed by atoms with Crippen molar-refractivity contribution in [3.8, 4) is 0 Å². The molecule has 2 aromatic heterocycles. The number of aromatic nitrogens is 2. The van der Waals surface area contributed by atoms with Crippen LogP contribution in [0.4, 0.5) is 0 Å². The Morgan fingerprint density at radius 2 is 1.60 bits per heavy atom. The van der Waals surface area contributed by atoms with Gasteiger partial charge in [-0.2, -0.15) is 0 Å². The summed E-state index contributed by atoms with van der Waals surface area (Å²) in [6.45, 7) is 0. The van der Waals surface area contributed by atoms with Gasteiger partial charge in [0.1, 0.15) is 0 Å². The van der Waals surface area contributed by atoms with Gasteiger partial charge in [0.15, 0.2) is 0 Å². The molecule has 2 heterocycles. The highest BCUT2D eigenvalue weighted by atomic mass is 16.1. The predicted octanol–water partition coefficient (Wildman–Crippen LogP) is 3.24. The molecule has 4 aromatic rings. The standard InChI is InChI=1S/C17H12N2O/c1-19-15-9-5-3-7-12(15)16-11-6-2-4-8-14(11)18-10-13(16)17(19)20/h2-10H,1H3. The Morgan fingerprint density at radius 1 is 0.900 bits per heavy atom. The van der Waals surface area contributed by atoms with Crippen LogP contribution in [0.25, 0.3) is 32.6 Å². The first-order valence-corrected chi connectivity index (χ1v) is 6.52. The quantitative estimate of drug-likeness (QED) is 0.455. The van der Waals surface area contributed by atoms with Crippen molar-refractivity contribution >= 4 is 32.6 Å². The number of pyridine rings is 2. The van der Waals surface area contributed by atoms with Crippen LogP contribution in [0.2, 0.25) is 0 Å². The van der Waals surface area contributed by atoms with Crippen LogP contribution in [-0.4, -0.2) is 9.55 Å². The molecule has 3 heteroatoms. The van der Waals surface area contributed by atoms with Gasteiger partial charge in [0.05, 0.1) is 16.4 Å². The first kappa shape index (κ1) is 11.2. The fraction of sp³-hybridized carbons (Fsp3) is 0.0588. The van der Waals surface area contributed by atoms with Gasteiger partial charge < -0.3 is 4.57 Å². The molecule has 0 atom stereocenters. The van der Waals surface area contributed by atoms with Gasteiger partial charge in [-0.15, -0.1) is 0 Å². The zero-order valence-corrected chi connectivity index (χ0v) is 11.0. The average molecular weight is 260 g/mol. The summed E-state index contributed by atoms with van der Waals surface area (Å²) >= 11 is 0. The summed E-state index contributed by atoms with van der Waals surface area (Å²) in [7, 11) is 1.80. The van der Waals surface area contributed by atoms with Crippen LogP contribution in [0.5, 0.6) is 0 Å². The summed E-state index contributed by atoms with van der Waals surface area (Å²) in [5, 5.41) is 3.78. The van der Waals surface area contributed by atoms with Crippen LogP contribution in [0.15, 0.2) is 59.5 Å². The largest absolute Gasteiger partial charge is 0.311 e. The van der Waals surface area contributed by atoms with E-state index in [2.05, 4.69) is 11.1 Å². The van der Waals surface area contributed by atoms with Crippen LogP contribution in [0, 0.1) is 0 Å². The molecule has 3 nitrogen and oxygen atoms in total. The maximum absolute atomic E-state index is 12.5. The molecule has 0 amide bonds. The third-order valence-electron chi connectivity index (χ3n) is 3.85. The van der Waals surface area contributed by atoms with E-state index in [9.17, 15) is 4.79 Å². The summed E-state index contributed by atoms with van der Waals surface area (Å²) in [4.78, 5) is 16.9. The molecule has 0 aliphatic heterocycles. The number of hydrogen-bond acceptors (Lipinski definition) is 2. The highest BCUT2D eigenvalue weighted by molar-refractivity contribution is 6.17. The molecule has 0 aliphatic rings. The van der Waals surface area contributed by atoms with Gasteiger partial charge in [0.2, 0.25) is 0 Å². The number of fused-ring (bicyclic) bond motifs is 5. The van der Waals surface area contributed by atoms with E-state index in [-0.39, 0.29) is 5.56 Å². The summed E-state index contributed by atoms with van der Waals surface area (Å²) in [5.41, 5.74) is 1.86. The van der Waals surface area contributed by atoms with Crippen LogP contribution in [0.3, 0.4) is 0 Å². The van der Waals surface area contributed by atoms with Crippen molar-refractivity contribution in [3.63, 3.8) is 0 Å². The second-order valence-electron chi connectivity index (χ2n) is 4.95. The van der Waals surface area contributed by atoms with Gasteiger partial charge >= 0.3 is 0 Å². The Labute approximate surface area is 115 Å². The molecule has 0 fully saturated rings. The molecule has 0 saturated carbocycles. The number of aryl methyl sites for hydroxylation is 1. The number of nitrogens with zero attached hydrogens (tertiary/aromatic N) is 2. The third kappa shape index (κ3) is 1.35. The average Bonchev–Trinajstić information content (AvgIpc) is 2.51.